The van der Waals surface area contributed by atoms with Gasteiger partial charge in [-0.25, -0.2) is 13.1 Å². The fourth-order valence-corrected chi connectivity index (χ4v) is 2.47. The summed E-state index contributed by atoms with van der Waals surface area (Å²) in [5.74, 6) is -0.273. The number of hydrogen-bond donors (Lipinski definition) is 1. The molecule has 0 aliphatic carbocycles. The number of hydrogen-bond acceptors (Lipinski definition) is 7. The van der Waals surface area contributed by atoms with Crippen LogP contribution in [0.15, 0.2) is 23.1 Å². The first-order valence-electron chi connectivity index (χ1n) is 6.18. The van der Waals surface area contributed by atoms with E-state index in [4.69, 9.17) is 4.74 Å². The molecule has 0 bridgehead atoms. The SMILES string of the molecule is COCc1cc(S(C)(=O)=O)ccc1C(=O)Nc1nnnn1C. The van der Waals surface area contributed by atoms with E-state index >= 15 is 0 Å². The first-order chi connectivity index (χ1) is 10.3. The van der Waals surface area contributed by atoms with Crippen LogP contribution in [0.4, 0.5) is 5.95 Å². The third-order valence-electron chi connectivity index (χ3n) is 2.89. The molecule has 9 nitrogen and oxygen atoms in total. The molecule has 1 heterocycles. The number of ether oxygens (including phenoxy) is 1. The van der Waals surface area contributed by atoms with E-state index in [1.807, 2.05) is 0 Å². The Morgan fingerprint density at radius 1 is 1.41 bits per heavy atom. The maximum atomic E-state index is 12.3. The van der Waals surface area contributed by atoms with Crippen molar-refractivity contribution in [3.63, 3.8) is 0 Å². The Hall–Kier alpha value is -2.33. The number of tetrazole rings is 1. The van der Waals surface area contributed by atoms with Crippen molar-refractivity contribution in [1.29, 1.82) is 0 Å². The quantitative estimate of drug-likeness (QED) is 0.823. The highest BCUT2D eigenvalue weighted by atomic mass is 32.2. The number of anilines is 1. The van der Waals surface area contributed by atoms with Crippen molar-refractivity contribution >= 4 is 21.7 Å². The highest BCUT2D eigenvalue weighted by Gasteiger charge is 2.17. The summed E-state index contributed by atoms with van der Waals surface area (Å²) in [7, 11) is -0.325. The summed E-state index contributed by atoms with van der Waals surface area (Å²) >= 11 is 0. The third-order valence-corrected chi connectivity index (χ3v) is 4.01. The Balaban J connectivity index is 2.37. The van der Waals surface area contributed by atoms with Crippen LogP contribution in [0, 0.1) is 0 Å². The van der Waals surface area contributed by atoms with Gasteiger partial charge in [0.25, 0.3) is 5.91 Å². The summed E-state index contributed by atoms with van der Waals surface area (Å²) in [6, 6.07) is 4.23. The van der Waals surface area contributed by atoms with Gasteiger partial charge in [0, 0.05) is 26.0 Å². The van der Waals surface area contributed by atoms with Crippen molar-refractivity contribution in [2.24, 2.45) is 7.05 Å². The van der Waals surface area contributed by atoms with Gasteiger partial charge in [-0.05, 0) is 34.2 Å². The van der Waals surface area contributed by atoms with Crippen molar-refractivity contribution in [2.75, 3.05) is 18.7 Å². The van der Waals surface area contributed by atoms with Crippen molar-refractivity contribution in [3.8, 4) is 0 Å². The zero-order valence-corrected chi connectivity index (χ0v) is 13.1. The van der Waals surface area contributed by atoms with Gasteiger partial charge in [0.1, 0.15) is 0 Å². The molecule has 118 valence electrons. The number of methoxy groups -OCH3 is 1. The molecular formula is C12H15N5O4S. The largest absolute Gasteiger partial charge is 0.380 e. The molecule has 0 spiro atoms. The molecule has 0 radical (unpaired) electrons. The van der Waals surface area contributed by atoms with Crippen molar-refractivity contribution in [3.05, 3.63) is 29.3 Å². The van der Waals surface area contributed by atoms with Crippen LogP contribution in [0.25, 0.3) is 0 Å². The van der Waals surface area contributed by atoms with Crippen LogP contribution < -0.4 is 5.32 Å². The maximum Gasteiger partial charge on any atom is 0.258 e. The topological polar surface area (TPSA) is 116 Å². The van der Waals surface area contributed by atoms with Crippen LogP contribution in [0.1, 0.15) is 15.9 Å². The highest BCUT2D eigenvalue weighted by molar-refractivity contribution is 7.90. The van der Waals surface area contributed by atoms with Crippen LogP contribution in [-0.2, 0) is 28.2 Å². The molecule has 0 saturated carbocycles. The van der Waals surface area contributed by atoms with E-state index in [0.29, 0.717) is 5.56 Å². The van der Waals surface area contributed by atoms with Gasteiger partial charge in [-0.3, -0.25) is 10.1 Å². The van der Waals surface area contributed by atoms with Gasteiger partial charge in [0.15, 0.2) is 9.84 Å². The molecule has 0 atom stereocenters. The first-order valence-corrected chi connectivity index (χ1v) is 8.07. The molecule has 1 aromatic carbocycles. The van der Waals surface area contributed by atoms with Crippen LogP contribution in [0.2, 0.25) is 0 Å². The van der Waals surface area contributed by atoms with Crippen LogP contribution in [0.3, 0.4) is 0 Å². The lowest BCUT2D eigenvalue weighted by Gasteiger charge is -2.10. The predicted octanol–water partition coefficient (Wildman–Crippen LogP) is 0.0123. The summed E-state index contributed by atoms with van der Waals surface area (Å²) in [5, 5.41) is 13.2. The van der Waals surface area contributed by atoms with E-state index in [1.54, 1.807) is 7.05 Å². The van der Waals surface area contributed by atoms with E-state index in [9.17, 15) is 13.2 Å². The highest BCUT2D eigenvalue weighted by Crippen LogP contribution is 2.18. The zero-order valence-electron chi connectivity index (χ0n) is 12.3. The lowest BCUT2D eigenvalue weighted by atomic mass is 10.1. The molecule has 1 aromatic heterocycles. The van der Waals surface area contributed by atoms with Gasteiger partial charge >= 0.3 is 0 Å². The summed E-state index contributed by atoms with van der Waals surface area (Å²) in [5.41, 5.74) is 0.746. The van der Waals surface area contributed by atoms with E-state index in [1.165, 1.54) is 30.0 Å². The lowest BCUT2D eigenvalue weighted by Crippen LogP contribution is -2.18. The zero-order chi connectivity index (χ0) is 16.3. The van der Waals surface area contributed by atoms with Gasteiger partial charge in [0.2, 0.25) is 5.95 Å². The minimum atomic E-state index is -3.37. The Morgan fingerprint density at radius 2 is 2.14 bits per heavy atom. The number of carbonyl (C=O) groups is 1. The smallest absolute Gasteiger partial charge is 0.258 e. The van der Waals surface area contributed by atoms with E-state index in [-0.39, 0.29) is 23.0 Å². The van der Waals surface area contributed by atoms with Crippen molar-refractivity contribution in [1.82, 2.24) is 20.2 Å². The molecule has 0 saturated heterocycles. The fraction of sp³-hybridized carbons (Fsp3) is 0.333. The minimum Gasteiger partial charge on any atom is -0.380 e. The average Bonchev–Trinajstić information content (AvgIpc) is 2.83. The van der Waals surface area contributed by atoms with Crippen LogP contribution in [0.5, 0.6) is 0 Å². The van der Waals surface area contributed by atoms with Gasteiger partial charge in [-0.1, -0.05) is 5.10 Å². The number of amides is 1. The maximum absolute atomic E-state index is 12.3. The molecule has 1 N–H and O–H groups in total. The van der Waals surface area contributed by atoms with Crippen molar-refractivity contribution in [2.45, 2.75) is 11.5 Å². The lowest BCUT2D eigenvalue weighted by molar-refractivity contribution is 0.102. The molecule has 2 aromatic rings. The van der Waals surface area contributed by atoms with Gasteiger partial charge in [0.05, 0.1) is 11.5 Å². The second kappa shape index (κ2) is 6.20. The summed E-state index contributed by atoms with van der Waals surface area (Å²) in [4.78, 5) is 12.4. The molecule has 0 fully saturated rings. The minimum absolute atomic E-state index is 0.100. The van der Waals surface area contributed by atoms with Crippen molar-refractivity contribution < 1.29 is 17.9 Å². The van der Waals surface area contributed by atoms with Gasteiger partial charge in [-0.15, -0.1) is 0 Å². The van der Waals surface area contributed by atoms with Crippen LogP contribution >= 0.6 is 0 Å². The number of nitrogens with zero attached hydrogens (tertiary/aromatic N) is 4. The summed E-state index contributed by atoms with van der Waals surface area (Å²) in [6.07, 6.45) is 1.10. The summed E-state index contributed by atoms with van der Waals surface area (Å²) in [6.45, 7) is 0.100. The second-order valence-electron chi connectivity index (χ2n) is 4.60. The predicted molar refractivity (Wildman–Crippen MR) is 77.0 cm³/mol. The number of sulfone groups is 1. The normalized spacial score (nSPS) is 11.4. The molecule has 1 amide bonds. The fourth-order valence-electron chi connectivity index (χ4n) is 1.80. The number of benzene rings is 1. The standard InChI is InChI=1S/C12H15N5O4S/c1-17-12(14-15-16-17)13-11(18)10-5-4-9(22(3,19)20)6-8(10)7-21-2/h4-6H,7H2,1-3H3,(H,13,14,16,18). The van der Waals surface area contributed by atoms with E-state index in [2.05, 4.69) is 20.8 Å². The van der Waals surface area contributed by atoms with E-state index in [0.717, 1.165) is 6.26 Å². The number of nitrogens with one attached hydrogen (secondary N) is 1. The molecule has 0 aliphatic rings. The average molecular weight is 325 g/mol. The number of aryl methyl sites for hydroxylation is 1. The summed E-state index contributed by atoms with van der Waals surface area (Å²) < 4.78 is 29.5. The second-order valence-corrected chi connectivity index (χ2v) is 6.62. The number of rotatable bonds is 5. The molecule has 10 heteroatoms. The van der Waals surface area contributed by atoms with E-state index < -0.39 is 15.7 Å². The molecule has 0 aliphatic heterocycles. The third kappa shape index (κ3) is 3.46. The number of carbonyl (C=O) groups excluding carboxylic acids is 1. The Morgan fingerprint density at radius 3 is 2.68 bits per heavy atom. The monoisotopic (exact) mass is 325 g/mol. The van der Waals surface area contributed by atoms with Gasteiger partial charge in [-0.2, -0.15) is 0 Å². The molecular weight excluding hydrogens is 310 g/mol. The Labute approximate surface area is 127 Å². The number of aromatic nitrogens is 4. The molecule has 22 heavy (non-hydrogen) atoms. The Bertz CT molecular complexity index is 800. The molecule has 0 unspecified atom stereocenters. The van der Waals surface area contributed by atoms with Crippen LogP contribution in [-0.4, -0.2) is 47.9 Å². The first kappa shape index (κ1) is 16.0. The molecule has 2 rings (SSSR count). The van der Waals surface area contributed by atoms with Gasteiger partial charge < -0.3 is 4.74 Å². The Kier molecular flexibility index (Phi) is 4.52.